The minimum Gasteiger partial charge on any atom is -0.375 e. The quantitative estimate of drug-likeness (QED) is 0.564. The molecule has 4 saturated carbocycles. The summed E-state index contributed by atoms with van der Waals surface area (Å²) >= 11 is 0. The molecule has 0 bridgehead atoms. The van der Waals surface area contributed by atoms with Gasteiger partial charge in [0, 0.05) is 44.8 Å². The summed E-state index contributed by atoms with van der Waals surface area (Å²) in [7, 11) is 0. The fraction of sp³-hybridized carbons (Fsp3) is 0.917. The summed E-state index contributed by atoms with van der Waals surface area (Å²) in [5.41, 5.74) is 11.7. The van der Waals surface area contributed by atoms with Crippen LogP contribution in [0.1, 0.15) is 103 Å². The molecular weight excluding hydrogens is 437 g/mol. The van der Waals surface area contributed by atoms with Crippen LogP contribution in [-0.4, -0.2) is 36.5 Å². The van der Waals surface area contributed by atoms with Gasteiger partial charge in [-0.3, -0.25) is 0 Å². The molecule has 0 atom stereocenters. The molecule has 4 rings (SSSR count). The number of ether oxygens (including phenoxy) is 2. The summed E-state index contributed by atoms with van der Waals surface area (Å²) in [6, 6.07) is 0.879. The van der Waals surface area contributed by atoms with Crippen LogP contribution in [0, 0.1) is 12.8 Å². The predicted octanol–water partition coefficient (Wildman–Crippen LogP) is 4.84. The summed E-state index contributed by atoms with van der Waals surface area (Å²) < 4.78 is 12.2. The van der Waals surface area contributed by atoms with Gasteiger partial charge in [-0.1, -0.05) is 25.7 Å². The number of hydrogen-bond donors (Lipinski definition) is 2. The Balaban J connectivity index is 0.000000200. The van der Waals surface area contributed by atoms with E-state index >= 15 is 0 Å². The Hall–Kier alpha value is 0.944. The van der Waals surface area contributed by atoms with Gasteiger partial charge in [0.2, 0.25) is 0 Å². The van der Waals surface area contributed by atoms with Crippen LogP contribution in [0.4, 0.5) is 0 Å². The molecular formula is C24H44N2O2Y-2. The smallest absolute Gasteiger partial charge is 0.0580 e. The van der Waals surface area contributed by atoms with Crippen LogP contribution < -0.4 is 11.5 Å². The second-order valence-electron chi connectivity index (χ2n) is 9.48. The maximum Gasteiger partial charge on any atom is 0.0580 e. The van der Waals surface area contributed by atoms with Gasteiger partial charge in [0.25, 0.3) is 0 Å². The van der Waals surface area contributed by atoms with E-state index < -0.39 is 0 Å². The molecule has 0 aromatic rings. The second kappa shape index (κ2) is 14.9. The van der Waals surface area contributed by atoms with Crippen molar-refractivity contribution in [1.29, 1.82) is 0 Å². The van der Waals surface area contributed by atoms with Crippen LogP contribution in [-0.2, 0) is 42.2 Å². The molecule has 4 aliphatic rings. The zero-order valence-corrected chi connectivity index (χ0v) is 21.3. The molecule has 4 nitrogen and oxygen atoms in total. The first-order chi connectivity index (χ1) is 13.7. The molecule has 0 heterocycles. The van der Waals surface area contributed by atoms with Crippen LogP contribution in [0.3, 0.4) is 0 Å². The van der Waals surface area contributed by atoms with Crippen molar-refractivity contribution in [2.75, 3.05) is 0 Å². The molecule has 0 aromatic carbocycles. The second-order valence-corrected chi connectivity index (χ2v) is 9.48. The maximum absolute atomic E-state index is 6.10. The van der Waals surface area contributed by atoms with E-state index in [1.165, 1.54) is 77.0 Å². The van der Waals surface area contributed by atoms with Gasteiger partial charge in [0.05, 0.1) is 24.4 Å². The predicted molar refractivity (Wildman–Crippen MR) is 116 cm³/mol. The van der Waals surface area contributed by atoms with E-state index in [0.29, 0.717) is 36.5 Å². The monoisotopic (exact) mass is 481 g/mol. The van der Waals surface area contributed by atoms with Crippen molar-refractivity contribution in [3.63, 3.8) is 0 Å². The Labute approximate surface area is 204 Å². The first-order valence-corrected chi connectivity index (χ1v) is 12.1. The normalized spacial score (nSPS) is 34.6. The topological polar surface area (TPSA) is 70.5 Å². The summed E-state index contributed by atoms with van der Waals surface area (Å²) in [6.45, 7) is 0. The Morgan fingerprint density at radius 2 is 0.724 bits per heavy atom. The molecule has 4 aliphatic carbocycles. The molecule has 0 aromatic heterocycles. The van der Waals surface area contributed by atoms with E-state index in [1.807, 2.05) is 0 Å². The third kappa shape index (κ3) is 10.4. The fourth-order valence-corrected chi connectivity index (χ4v) is 5.06. The van der Waals surface area contributed by atoms with Gasteiger partial charge in [-0.2, -0.15) is 25.7 Å². The van der Waals surface area contributed by atoms with Crippen molar-refractivity contribution >= 4 is 0 Å². The first kappa shape index (κ1) is 26.2. The van der Waals surface area contributed by atoms with E-state index in [4.69, 9.17) is 20.9 Å². The van der Waals surface area contributed by atoms with Crippen molar-refractivity contribution in [1.82, 2.24) is 0 Å². The van der Waals surface area contributed by atoms with E-state index in [9.17, 15) is 0 Å². The molecule has 0 spiro atoms. The molecule has 29 heavy (non-hydrogen) atoms. The third-order valence-corrected chi connectivity index (χ3v) is 6.98. The minimum atomic E-state index is 0. The van der Waals surface area contributed by atoms with Crippen molar-refractivity contribution < 1.29 is 42.2 Å². The number of rotatable bonds is 4. The summed E-state index contributed by atoms with van der Waals surface area (Å²) in [5.74, 6) is 0. The van der Waals surface area contributed by atoms with Crippen molar-refractivity contribution in [3.8, 4) is 0 Å². The van der Waals surface area contributed by atoms with E-state index in [0.717, 1.165) is 25.7 Å². The van der Waals surface area contributed by atoms with E-state index in [-0.39, 0.29) is 32.7 Å². The Bertz CT molecular complexity index is 360. The van der Waals surface area contributed by atoms with Gasteiger partial charge in [-0.15, -0.1) is 0 Å². The zero-order chi connectivity index (χ0) is 19.6. The number of nitrogens with two attached hydrogens (primary N) is 2. The number of hydrogen-bond acceptors (Lipinski definition) is 4. The average Bonchev–Trinajstić information content (AvgIpc) is 2.74. The molecule has 0 unspecified atom stereocenters. The van der Waals surface area contributed by atoms with Crippen LogP contribution >= 0.6 is 0 Å². The molecule has 4 fully saturated rings. The standard InChI is InChI=1S/2C12H22NO.Y/c2*13-10-6-8-12(9-7-10)14-11-4-2-1-3-5-11;/h2*1,10-12H,2-9,13H2;/q2*-1;. The van der Waals surface area contributed by atoms with Gasteiger partial charge >= 0.3 is 0 Å². The van der Waals surface area contributed by atoms with Crippen LogP contribution in [0.5, 0.6) is 0 Å². The summed E-state index contributed by atoms with van der Waals surface area (Å²) in [6.07, 6.45) is 26.2. The van der Waals surface area contributed by atoms with Gasteiger partial charge < -0.3 is 33.8 Å². The molecule has 167 valence electrons. The molecule has 1 radical (unpaired) electrons. The van der Waals surface area contributed by atoms with Gasteiger partial charge in [0.1, 0.15) is 0 Å². The van der Waals surface area contributed by atoms with Crippen LogP contribution in [0.25, 0.3) is 0 Å². The summed E-state index contributed by atoms with van der Waals surface area (Å²) in [4.78, 5) is 0. The van der Waals surface area contributed by atoms with Gasteiger partial charge in [-0.25, -0.2) is 0 Å². The fourth-order valence-electron chi connectivity index (χ4n) is 5.06. The molecule has 4 N–H and O–H groups in total. The van der Waals surface area contributed by atoms with Crippen molar-refractivity contribution in [3.05, 3.63) is 12.8 Å². The van der Waals surface area contributed by atoms with E-state index in [1.54, 1.807) is 0 Å². The van der Waals surface area contributed by atoms with Gasteiger partial charge in [0.15, 0.2) is 0 Å². The Morgan fingerprint density at radius 1 is 0.448 bits per heavy atom. The zero-order valence-electron chi connectivity index (χ0n) is 18.5. The largest absolute Gasteiger partial charge is 0.375 e. The molecule has 0 amide bonds. The first-order valence-electron chi connectivity index (χ1n) is 12.1. The third-order valence-electron chi connectivity index (χ3n) is 6.98. The molecule has 0 aliphatic heterocycles. The van der Waals surface area contributed by atoms with Crippen LogP contribution in [0.2, 0.25) is 0 Å². The maximum atomic E-state index is 6.10. The van der Waals surface area contributed by atoms with Gasteiger partial charge in [-0.05, 0) is 51.4 Å². The van der Waals surface area contributed by atoms with Crippen LogP contribution in [0.15, 0.2) is 0 Å². The van der Waals surface area contributed by atoms with Crippen molar-refractivity contribution in [2.24, 2.45) is 11.5 Å². The Morgan fingerprint density at radius 3 is 1.03 bits per heavy atom. The Kier molecular flexibility index (Phi) is 13.5. The molecule has 0 saturated heterocycles. The minimum absolute atomic E-state index is 0. The van der Waals surface area contributed by atoms with Crippen molar-refractivity contribution in [2.45, 2.75) is 139 Å². The van der Waals surface area contributed by atoms with E-state index in [2.05, 4.69) is 12.8 Å². The average molecular weight is 482 g/mol. The molecule has 5 heteroatoms. The summed E-state index contributed by atoms with van der Waals surface area (Å²) in [5, 5.41) is 0. The SMILES string of the molecule is NC1CCC(OC2CC[CH-]CC2)CC1.NC1CCC(OC2CC[CH-]CC2)CC1.[Y].